The second kappa shape index (κ2) is 8.49. The number of rotatable bonds is 6. The van der Waals surface area contributed by atoms with Crippen LogP contribution in [-0.2, 0) is 4.79 Å². The third-order valence-corrected chi connectivity index (χ3v) is 5.20. The van der Waals surface area contributed by atoms with Gasteiger partial charge in [-0.05, 0) is 42.0 Å². The number of thioether (sulfide) groups is 1. The monoisotopic (exact) mass is 394 g/mol. The molecule has 142 valence electrons. The van der Waals surface area contributed by atoms with Crippen molar-refractivity contribution in [1.82, 2.24) is 0 Å². The van der Waals surface area contributed by atoms with Crippen LogP contribution in [0.2, 0.25) is 0 Å². The molecule has 0 saturated carbocycles. The minimum absolute atomic E-state index is 0.280. The lowest BCUT2D eigenvalue weighted by Crippen LogP contribution is -2.19. The van der Waals surface area contributed by atoms with Crippen molar-refractivity contribution in [3.05, 3.63) is 83.9 Å². The standard InChI is InChI=1S/C21H18N2O4S/c22-14-7-4-8-16(11-14)28-19(13-5-2-1-3-6-13)20(25)23-15-9-10-18(24)17(12-15)21(26)27/h1-12,19,24H,22H2,(H,23,25)(H,26,27). The molecule has 0 spiro atoms. The molecule has 0 radical (unpaired) electrons. The number of carboxylic acids is 1. The molecule has 6 nitrogen and oxygen atoms in total. The summed E-state index contributed by atoms with van der Waals surface area (Å²) in [6.45, 7) is 0. The fraction of sp³-hybridized carbons (Fsp3) is 0.0476. The number of phenols is 1. The number of anilines is 2. The Hall–Kier alpha value is -3.45. The molecule has 0 fully saturated rings. The average molecular weight is 394 g/mol. The molecule has 0 aliphatic heterocycles. The molecule has 0 aliphatic rings. The highest BCUT2D eigenvalue weighted by molar-refractivity contribution is 8.00. The fourth-order valence-corrected chi connectivity index (χ4v) is 3.71. The van der Waals surface area contributed by atoms with E-state index in [1.165, 1.54) is 30.0 Å². The van der Waals surface area contributed by atoms with Gasteiger partial charge >= 0.3 is 5.97 Å². The van der Waals surface area contributed by atoms with Crippen LogP contribution in [0, 0.1) is 0 Å². The number of carbonyl (C=O) groups is 2. The van der Waals surface area contributed by atoms with Crippen molar-refractivity contribution < 1.29 is 19.8 Å². The maximum atomic E-state index is 13.0. The van der Waals surface area contributed by atoms with Crippen molar-refractivity contribution in [3.8, 4) is 5.75 Å². The van der Waals surface area contributed by atoms with Gasteiger partial charge in [-0.3, -0.25) is 4.79 Å². The van der Waals surface area contributed by atoms with E-state index in [9.17, 15) is 14.7 Å². The maximum absolute atomic E-state index is 13.0. The Morgan fingerprint density at radius 1 is 0.964 bits per heavy atom. The molecule has 0 aromatic heterocycles. The number of aromatic hydroxyl groups is 1. The Morgan fingerprint density at radius 3 is 2.39 bits per heavy atom. The lowest BCUT2D eigenvalue weighted by atomic mass is 10.1. The van der Waals surface area contributed by atoms with Gasteiger partial charge in [-0.1, -0.05) is 36.4 Å². The first kappa shape index (κ1) is 19.3. The summed E-state index contributed by atoms with van der Waals surface area (Å²) in [5, 5.41) is 20.9. The quantitative estimate of drug-likeness (QED) is 0.284. The fourth-order valence-electron chi connectivity index (χ4n) is 2.62. The number of amides is 1. The van der Waals surface area contributed by atoms with Gasteiger partial charge in [-0.15, -0.1) is 11.8 Å². The first-order valence-corrected chi connectivity index (χ1v) is 9.26. The third-order valence-electron chi connectivity index (χ3n) is 3.95. The molecule has 3 aromatic rings. The normalized spacial score (nSPS) is 11.6. The molecule has 0 heterocycles. The summed E-state index contributed by atoms with van der Waals surface area (Å²) in [6.07, 6.45) is 0. The van der Waals surface area contributed by atoms with Crippen LogP contribution in [0.1, 0.15) is 21.2 Å². The highest BCUT2D eigenvalue weighted by atomic mass is 32.2. The van der Waals surface area contributed by atoms with Gasteiger partial charge < -0.3 is 21.3 Å². The zero-order chi connectivity index (χ0) is 20.1. The Kier molecular flexibility index (Phi) is 5.86. The number of hydrogen-bond donors (Lipinski definition) is 4. The van der Waals surface area contributed by atoms with Crippen molar-refractivity contribution in [3.63, 3.8) is 0 Å². The average Bonchev–Trinajstić information content (AvgIpc) is 2.68. The zero-order valence-electron chi connectivity index (χ0n) is 14.7. The van der Waals surface area contributed by atoms with Crippen LogP contribution in [0.3, 0.4) is 0 Å². The van der Waals surface area contributed by atoms with E-state index in [0.29, 0.717) is 5.69 Å². The number of carbonyl (C=O) groups excluding carboxylic acids is 1. The second-order valence-corrected chi connectivity index (χ2v) is 7.19. The molecule has 7 heteroatoms. The van der Waals surface area contributed by atoms with Gasteiger partial charge in [0.2, 0.25) is 5.91 Å². The summed E-state index contributed by atoms with van der Waals surface area (Å²) in [4.78, 5) is 25.0. The van der Waals surface area contributed by atoms with E-state index in [1.54, 1.807) is 12.1 Å². The van der Waals surface area contributed by atoms with Crippen molar-refractivity contribution in [2.75, 3.05) is 11.1 Å². The van der Waals surface area contributed by atoms with Gasteiger partial charge in [0.05, 0.1) is 0 Å². The minimum Gasteiger partial charge on any atom is -0.507 e. The predicted molar refractivity (Wildman–Crippen MR) is 110 cm³/mol. The molecule has 3 rings (SSSR count). The maximum Gasteiger partial charge on any atom is 0.339 e. The first-order chi connectivity index (χ1) is 13.4. The summed E-state index contributed by atoms with van der Waals surface area (Å²) >= 11 is 1.34. The lowest BCUT2D eigenvalue weighted by molar-refractivity contribution is -0.115. The third kappa shape index (κ3) is 4.63. The summed E-state index contributed by atoms with van der Waals surface area (Å²) < 4.78 is 0. The number of nitrogens with one attached hydrogen (secondary N) is 1. The molecule has 3 aromatic carbocycles. The zero-order valence-corrected chi connectivity index (χ0v) is 15.5. The highest BCUT2D eigenvalue weighted by Gasteiger charge is 2.23. The van der Waals surface area contributed by atoms with Crippen molar-refractivity contribution in [2.24, 2.45) is 0 Å². The number of hydrogen-bond acceptors (Lipinski definition) is 5. The van der Waals surface area contributed by atoms with E-state index in [1.807, 2.05) is 42.5 Å². The molecule has 5 N–H and O–H groups in total. The van der Waals surface area contributed by atoms with Gasteiger partial charge in [-0.25, -0.2) is 4.79 Å². The molecular weight excluding hydrogens is 376 g/mol. The predicted octanol–water partition coefficient (Wildman–Crippen LogP) is 4.14. The van der Waals surface area contributed by atoms with E-state index >= 15 is 0 Å². The van der Waals surface area contributed by atoms with E-state index in [4.69, 9.17) is 10.8 Å². The van der Waals surface area contributed by atoms with Crippen LogP contribution in [0.15, 0.2) is 77.7 Å². The Morgan fingerprint density at radius 2 is 1.71 bits per heavy atom. The van der Waals surface area contributed by atoms with E-state index in [0.717, 1.165) is 10.5 Å². The molecule has 1 atom stereocenters. The summed E-state index contributed by atoms with van der Waals surface area (Å²) in [6, 6.07) is 20.4. The highest BCUT2D eigenvalue weighted by Crippen LogP contribution is 2.37. The van der Waals surface area contributed by atoms with Crippen LogP contribution < -0.4 is 11.1 Å². The first-order valence-electron chi connectivity index (χ1n) is 8.38. The second-order valence-electron chi connectivity index (χ2n) is 6.01. The Labute approximate surface area is 166 Å². The Balaban J connectivity index is 1.89. The SMILES string of the molecule is Nc1cccc(SC(C(=O)Nc2ccc(O)c(C(=O)O)c2)c2ccccc2)c1. The molecule has 28 heavy (non-hydrogen) atoms. The van der Waals surface area contributed by atoms with Gasteiger partial charge in [0.15, 0.2) is 0 Å². The molecule has 1 unspecified atom stereocenters. The molecular formula is C21H18N2O4S. The number of nitrogen functional groups attached to an aromatic ring is 1. The smallest absolute Gasteiger partial charge is 0.339 e. The number of aromatic carboxylic acids is 1. The van der Waals surface area contributed by atoms with Gasteiger partial charge in [0.25, 0.3) is 0 Å². The van der Waals surface area contributed by atoms with Crippen molar-refractivity contribution in [2.45, 2.75) is 10.1 Å². The van der Waals surface area contributed by atoms with E-state index < -0.39 is 11.2 Å². The molecule has 0 bridgehead atoms. The van der Waals surface area contributed by atoms with Gasteiger partial charge in [0, 0.05) is 16.3 Å². The Bertz CT molecular complexity index is 1010. The minimum atomic E-state index is -1.28. The lowest BCUT2D eigenvalue weighted by Gasteiger charge is -2.17. The van der Waals surface area contributed by atoms with Crippen LogP contribution >= 0.6 is 11.8 Å². The van der Waals surface area contributed by atoms with E-state index in [-0.39, 0.29) is 22.9 Å². The van der Waals surface area contributed by atoms with Crippen LogP contribution in [-0.4, -0.2) is 22.1 Å². The van der Waals surface area contributed by atoms with Crippen LogP contribution in [0.5, 0.6) is 5.75 Å². The van der Waals surface area contributed by atoms with Crippen LogP contribution in [0.25, 0.3) is 0 Å². The van der Waals surface area contributed by atoms with E-state index in [2.05, 4.69) is 5.32 Å². The largest absolute Gasteiger partial charge is 0.507 e. The summed E-state index contributed by atoms with van der Waals surface area (Å²) in [7, 11) is 0. The molecule has 0 aliphatic carbocycles. The van der Waals surface area contributed by atoms with Gasteiger partial charge in [0.1, 0.15) is 16.6 Å². The number of nitrogens with two attached hydrogens (primary N) is 1. The summed E-state index contributed by atoms with van der Waals surface area (Å²) in [5.74, 6) is -1.96. The molecule has 0 saturated heterocycles. The van der Waals surface area contributed by atoms with Gasteiger partial charge in [-0.2, -0.15) is 0 Å². The number of carboxylic acid groups (broad SMARTS) is 1. The number of benzene rings is 3. The summed E-state index contributed by atoms with van der Waals surface area (Å²) in [5.41, 5.74) is 7.24. The molecule has 1 amide bonds. The van der Waals surface area contributed by atoms with Crippen LogP contribution in [0.4, 0.5) is 11.4 Å². The topological polar surface area (TPSA) is 113 Å². The van der Waals surface area contributed by atoms with Crippen molar-refractivity contribution in [1.29, 1.82) is 0 Å². The van der Waals surface area contributed by atoms with Crippen molar-refractivity contribution >= 4 is 35.0 Å².